The Morgan fingerprint density at radius 1 is 0.534 bits per heavy atom. The molecule has 0 aliphatic carbocycles. The van der Waals surface area contributed by atoms with Gasteiger partial charge in [0, 0.05) is 12.8 Å². The lowest BCUT2D eigenvalue weighted by atomic mass is 10.0. The molecule has 0 rings (SSSR count). The van der Waals surface area contributed by atoms with Crippen LogP contribution in [0.3, 0.4) is 0 Å². The Morgan fingerprint density at radius 2 is 0.983 bits per heavy atom. The lowest BCUT2D eigenvalue weighted by Gasteiger charge is -2.20. The summed E-state index contributed by atoms with van der Waals surface area (Å²) in [6, 6.07) is 0. The highest BCUT2D eigenvalue weighted by Gasteiger charge is 2.27. The summed E-state index contributed by atoms with van der Waals surface area (Å²) < 4.78 is 32.6. The summed E-state index contributed by atoms with van der Waals surface area (Å²) in [4.78, 5) is 34.9. The van der Waals surface area contributed by atoms with Crippen molar-refractivity contribution in [3.8, 4) is 0 Å². The molecule has 0 bridgehead atoms. The lowest BCUT2D eigenvalue weighted by molar-refractivity contribution is -0.161. The van der Waals surface area contributed by atoms with Crippen LogP contribution in [0.4, 0.5) is 0 Å². The third kappa shape index (κ3) is 41.6. The van der Waals surface area contributed by atoms with Gasteiger partial charge in [0.2, 0.25) is 0 Å². The molecule has 0 amide bonds. The summed E-state index contributed by atoms with van der Waals surface area (Å²) in [5.41, 5.74) is 0. The summed E-state index contributed by atoms with van der Waals surface area (Å²) in [6.07, 6.45) is 49.0. The Bertz CT molecular complexity index is 1190. The number of aliphatic hydroxyl groups excluding tert-OH is 2. The number of phosphoric acid groups is 1. The van der Waals surface area contributed by atoms with Crippen molar-refractivity contribution >= 4 is 19.8 Å². The highest BCUT2D eigenvalue weighted by atomic mass is 31.2. The van der Waals surface area contributed by atoms with Crippen LogP contribution >= 0.6 is 7.82 Å². The number of allylic oxidation sites excluding steroid dienone is 12. The molecule has 3 atom stereocenters. The highest BCUT2D eigenvalue weighted by molar-refractivity contribution is 7.47. The highest BCUT2D eigenvalue weighted by Crippen LogP contribution is 2.43. The molecule has 0 saturated heterocycles. The second-order valence-corrected chi connectivity index (χ2v) is 16.3. The van der Waals surface area contributed by atoms with Crippen LogP contribution in [0.1, 0.15) is 174 Å². The van der Waals surface area contributed by atoms with Gasteiger partial charge in [0.05, 0.1) is 19.8 Å². The van der Waals surface area contributed by atoms with Crippen molar-refractivity contribution in [2.24, 2.45) is 0 Å². The van der Waals surface area contributed by atoms with Crippen molar-refractivity contribution < 1.29 is 47.8 Å². The van der Waals surface area contributed by atoms with Gasteiger partial charge in [-0.05, 0) is 51.4 Å². The van der Waals surface area contributed by atoms with Crippen molar-refractivity contribution in [3.63, 3.8) is 0 Å². The molecule has 0 fully saturated rings. The fraction of sp³-hybridized carbons (Fsp3) is 0.702. The Kier molecular flexibility index (Phi) is 40.6. The van der Waals surface area contributed by atoms with Crippen molar-refractivity contribution in [1.29, 1.82) is 0 Å². The zero-order valence-electron chi connectivity index (χ0n) is 36.2. The molecular formula is C47H81O10P. The third-order valence-electron chi connectivity index (χ3n) is 9.22. The Morgan fingerprint density at radius 3 is 1.52 bits per heavy atom. The van der Waals surface area contributed by atoms with E-state index in [1.165, 1.54) is 96.3 Å². The molecule has 0 heterocycles. The van der Waals surface area contributed by atoms with Crippen LogP contribution in [-0.2, 0) is 32.7 Å². The van der Waals surface area contributed by atoms with E-state index in [0.717, 1.165) is 32.1 Å². The maximum absolute atomic E-state index is 12.6. The summed E-state index contributed by atoms with van der Waals surface area (Å²) in [5.74, 6) is -1.02. The first-order valence-electron chi connectivity index (χ1n) is 22.5. The van der Waals surface area contributed by atoms with Crippen molar-refractivity contribution in [3.05, 3.63) is 72.9 Å². The normalized spacial score (nSPS) is 14.5. The van der Waals surface area contributed by atoms with Gasteiger partial charge < -0.3 is 24.6 Å². The minimum Gasteiger partial charge on any atom is -0.462 e. The quantitative estimate of drug-likeness (QED) is 0.0179. The van der Waals surface area contributed by atoms with Crippen molar-refractivity contribution in [1.82, 2.24) is 0 Å². The van der Waals surface area contributed by atoms with E-state index in [1.807, 2.05) is 54.7 Å². The van der Waals surface area contributed by atoms with Crippen molar-refractivity contribution in [2.75, 3.05) is 26.4 Å². The van der Waals surface area contributed by atoms with E-state index in [1.54, 1.807) is 0 Å². The Balaban J connectivity index is 4.28. The van der Waals surface area contributed by atoms with Crippen LogP contribution in [0, 0.1) is 0 Å². The van der Waals surface area contributed by atoms with E-state index in [-0.39, 0.29) is 19.4 Å². The Labute approximate surface area is 352 Å². The first-order chi connectivity index (χ1) is 28.2. The van der Waals surface area contributed by atoms with E-state index in [2.05, 4.69) is 36.6 Å². The number of carbonyl (C=O) groups excluding carboxylic acids is 2. The number of phosphoric ester groups is 1. The van der Waals surface area contributed by atoms with Crippen LogP contribution in [0.2, 0.25) is 0 Å². The van der Waals surface area contributed by atoms with Gasteiger partial charge in [0.15, 0.2) is 6.10 Å². The van der Waals surface area contributed by atoms with E-state index >= 15 is 0 Å². The molecule has 0 saturated carbocycles. The number of ether oxygens (including phenoxy) is 2. The lowest BCUT2D eigenvalue weighted by Crippen LogP contribution is -2.29. The first kappa shape index (κ1) is 55.4. The van der Waals surface area contributed by atoms with E-state index in [9.17, 15) is 24.2 Å². The molecule has 0 aromatic carbocycles. The summed E-state index contributed by atoms with van der Waals surface area (Å²) in [6.45, 7) is 2.14. The minimum absolute atomic E-state index is 0.0840. The molecule has 2 unspecified atom stereocenters. The van der Waals surface area contributed by atoms with Gasteiger partial charge >= 0.3 is 19.8 Å². The molecule has 0 spiro atoms. The van der Waals surface area contributed by atoms with E-state index < -0.39 is 51.8 Å². The largest absolute Gasteiger partial charge is 0.472 e. The first-order valence-corrected chi connectivity index (χ1v) is 24.0. The van der Waals surface area contributed by atoms with Crippen LogP contribution in [0.25, 0.3) is 0 Å². The monoisotopic (exact) mass is 837 g/mol. The van der Waals surface area contributed by atoms with Gasteiger partial charge in [-0.3, -0.25) is 18.6 Å². The van der Waals surface area contributed by atoms with Gasteiger partial charge in [-0.2, -0.15) is 0 Å². The molecule has 10 nitrogen and oxygen atoms in total. The topological polar surface area (TPSA) is 149 Å². The van der Waals surface area contributed by atoms with Gasteiger partial charge in [0.25, 0.3) is 0 Å². The Hall–Kier alpha value is -2.59. The van der Waals surface area contributed by atoms with E-state index in [0.29, 0.717) is 19.3 Å². The number of rotatable bonds is 41. The van der Waals surface area contributed by atoms with Gasteiger partial charge in [0.1, 0.15) is 12.7 Å². The van der Waals surface area contributed by atoms with Crippen LogP contribution in [0.5, 0.6) is 0 Å². The zero-order valence-corrected chi connectivity index (χ0v) is 37.1. The average Bonchev–Trinajstić information content (AvgIpc) is 3.21. The number of carbonyl (C=O) groups is 2. The van der Waals surface area contributed by atoms with Gasteiger partial charge in [-0.1, -0.05) is 183 Å². The predicted octanol–water partition coefficient (Wildman–Crippen LogP) is 12.1. The minimum atomic E-state index is -4.64. The molecule has 11 heteroatoms. The zero-order chi connectivity index (χ0) is 42.6. The molecule has 0 aromatic heterocycles. The molecule has 0 aromatic rings. The second-order valence-electron chi connectivity index (χ2n) is 14.8. The molecule has 334 valence electrons. The number of unbranched alkanes of at least 4 members (excludes halogenated alkanes) is 19. The number of hydrogen-bond acceptors (Lipinski definition) is 9. The van der Waals surface area contributed by atoms with Crippen LogP contribution in [0.15, 0.2) is 72.9 Å². The van der Waals surface area contributed by atoms with Gasteiger partial charge in [-0.15, -0.1) is 0 Å². The van der Waals surface area contributed by atoms with Crippen LogP contribution in [-0.4, -0.2) is 65.7 Å². The molecular weight excluding hydrogens is 755 g/mol. The van der Waals surface area contributed by atoms with E-state index in [4.69, 9.17) is 19.1 Å². The molecule has 0 aliphatic rings. The molecule has 58 heavy (non-hydrogen) atoms. The maximum atomic E-state index is 12.6. The number of esters is 2. The van der Waals surface area contributed by atoms with Crippen molar-refractivity contribution in [2.45, 2.75) is 187 Å². The predicted molar refractivity (Wildman–Crippen MR) is 237 cm³/mol. The second kappa shape index (κ2) is 42.5. The fourth-order valence-electron chi connectivity index (χ4n) is 5.78. The smallest absolute Gasteiger partial charge is 0.462 e. The fourth-order valence-corrected chi connectivity index (χ4v) is 6.57. The standard InChI is InChI=1S/C47H81O10P/c1-3-5-7-9-11-13-15-17-18-19-20-21-22-23-24-25-27-28-30-32-34-36-38-46(50)54-42-45(43-56-58(52,53)55-41-44(49)40-48)57-47(51)39-37-35-33-31-29-26-16-14-12-10-8-6-4-2/h6,8,10,12,14,16,22-23,26,29,31,33,44-45,48-49H,3-5,7,9,11,13,15,17-21,24-25,27-28,30,32,34-43H2,1-2H3,(H,52,53)/b8-6+,12-10+,16-14+,23-22+,29-26+,33-31+/t44-,45?/m1/s1. The number of hydrogen-bond donors (Lipinski definition) is 3. The number of aliphatic hydroxyl groups is 2. The average molecular weight is 837 g/mol. The molecule has 0 aliphatic heterocycles. The van der Waals surface area contributed by atoms with Gasteiger partial charge in [-0.25, -0.2) is 4.57 Å². The molecule has 3 N–H and O–H groups in total. The summed E-state index contributed by atoms with van der Waals surface area (Å²) >= 11 is 0. The summed E-state index contributed by atoms with van der Waals surface area (Å²) in [7, 11) is -4.64. The SMILES string of the molecule is CC/C=C/C=C/C=C/C=C/C=C/CCCC(=O)OC(COC(=O)CCCCCCCCC/C=C/CCCCCCCCCCCCC)COP(=O)(O)OC[C@H](O)CO. The maximum Gasteiger partial charge on any atom is 0.472 e. The van der Waals surface area contributed by atoms with Crippen LogP contribution < -0.4 is 0 Å². The molecule has 0 radical (unpaired) electrons. The third-order valence-corrected chi connectivity index (χ3v) is 10.2. The summed E-state index contributed by atoms with van der Waals surface area (Å²) in [5, 5.41) is 18.3.